The van der Waals surface area contributed by atoms with Gasteiger partial charge in [-0.05, 0) is 41.9 Å². The molecule has 0 aliphatic heterocycles. The summed E-state index contributed by atoms with van der Waals surface area (Å²) in [7, 11) is 0. The van der Waals surface area contributed by atoms with Crippen LogP contribution in [0.5, 0.6) is 5.75 Å². The molecular formula is C18H26O3. The molecule has 3 nitrogen and oxygen atoms in total. The molecule has 1 N–H and O–H groups in total. The van der Waals surface area contributed by atoms with E-state index in [0.717, 1.165) is 12.8 Å². The van der Waals surface area contributed by atoms with Crippen molar-refractivity contribution in [1.29, 1.82) is 0 Å². The van der Waals surface area contributed by atoms with Crippen molar-refractivity contribution in [2.24, 2.45) is 11.8 Å². The normalized spacial score (nSPS) is 26.4. The predicted octanol–water partition coefficient (Wildman–Crippen LogP) is 4.04. The number of phenolic OH excluding ortho intramolecular Hbond substituents is 1. The fraction of sp³-hybridized carbons (Fsp3) is 0.611. The van der Waals surface area contributed by atoms with Crippen LogP contribution in [-0.4, -0.2) is 17.2 Å². The largest absolute Gasteiger partial charge is 0.508 e. The molecule has 1 aromatic carbocycles. The first-order valence-electron chi connectivity index (χ1n) is 7.77. The Balaban J connectivity index is 2.26. The van der Waals surface area contributed by atoms with E-state index in [1.54, 1.807) is 12.1 Å². The fourth-order valence-electron chi connectivity index (χ4n) is 3.60. The molecule has 1 aliphatic rings. The Hall–Kier alpha value is -1.51. The first-order valence-corrected chi connectivity index (χ1v) is 7.77. The average Bonchev–Trinajstić information content (AvgIpc) is 2.38. The highest BCUT2D eigenvalue weighted by Crippen LogP contribution is 2.43. The number of hydrogen-bond donors (Lipinski definition) is 1. The van der Waals surface area contributed by atoms with E-state index in [1.165, 1.54) is 18.9 Å². The molecule has 0 saturated heterocycles. The lowest BCUT2D eigenvalue weighted by molar-refractivity contribution is -0.153. The third kappa shape index (κ3) is 3.58. The Morgan fingerprint density at radius 1 is 1.24 bits per heavy atom. The molecule has 116 valence electrons. The molecule has 0 radical (unpaired) electrons. The Kier molecular flexibility index (Phi) is 4.60. The second-order valence-corrected chi connectivity index (χ2v) is 6.94. The van der Waals surface area contributed by atoms with Crippen LogP contribution in [-0.2, 0) is 14.9 Å². The average molecular weight is 290 g/mol. The summed E-state index contributed by atoms with van der Waals surface area (Å²) in [6, 6.07) is 7.39. The number of carbonyl (C=O) groups excluding carboxylic acids is 1. The van der Waals surface area contributed by atoms with Gasteiger partial charge in [-0.1, -0.05) is 39.3 Å². The van der Waals surface area contributed by atoms with Crippen molar-refractivity contribution in [2.75, 3.05) is 0 Å². The smallest absolute Gasteiger partial charge is 0.302 e. The summed E-state index contributed by atoms with van der Waals surface area (Å²) in [6.45, 7) is 8.12. The summed E-state index contributed by atoms with van der Waals surface area (Å²) in [5.74, 6) is 0.993. The van der Waals surface area contributed by atoms with Gasteiger partial charge in [0.2, 0.25) is 0 Å². The van der Waals surface area contributed by atoms with Crippen LogP contribution in [0.25, 0.3) is 0 Å². The molecule has 1 fully saturated rings. The van der Waals surface area contributed by atoms with Gasteiger partial charge >= 0.3 is 5.97 Å². The summed E-state index contributed by atoms with van der Waals surface area (Å²) in [5, 5.41) is 9.47. The molecule has 0 aromatic heterocycles. The first kappa shape index (κ1) is 15.9. The van der Waals surface area contributed by atoms with E-state index in [9.17, 15) is 9.90 Å². The number of ether oxygens (including phenoxy) is 1. The number of hydrogen-bond acceptors (Lipinski definition) is 3. The lowest BCUT2D eigenvalue weighted by atomic mass is 9.64. The number of aromatic hydroxyl groups is 1. The Morgan fingerprint density at radius 3 is 2.43 bits per heavy atom. The number of rotatable bonds is 3. The SMILES string of the molecule is CC(=O)O[C@@H]1C[C@H](C)CC[C@H]1C(C)(C)c1ccc(O)cc1. The zero-order valence-electron chi connectivity index (χ0n) is 13.4. The van der Waals surface area contributed by atoms with Crippen molar-refractivity contribution in [1.82, 2.24) is 0 Å². The van der Waals surface area contributed by atoms with Crippen molar-refractivity contribution in [3.05, 3.63) is 29.8 Å². The van der Waals surface area contributed by atoms with Crippen molar-refractivity contribution in [2.45, 2.75) is 58.5 Å². The molecule has 1 aromatic rings. The van der Waals surface area contributed by atoms with Gasteiger partial charge in [0, 0.05) is 12.8 Å². The molecule has 3 atom stereocenters. The third-order valence-corrected chi connectivity index (χ3v) is 4.91. The van der Waals surface area contributed by atoms with Gasteiger partial charge < -0.3 is 9.84 Å². The number of esters is 1. The molecule has 3 heteroatoms. The van der Waals surface area contributed by atoms with Crippen LogP contribution in [0.1, 0.15) is 52.5 Å². The first-order chi connectivity index (χ1) is 9.80. The molecular weight excluding hydrogens is 264 g/mol. The van der Waals surface area contributed by atoms with E-state index in [2.05, 4.69) is 20.8 Å². The highest BCUT2D eigenvalue weighted by atomic mass is 16.5. The van der Waals surface area contributed by atoms with Crippen molar-refractivity contribution in [3.8, 4) is 5.75 Å². The quantitative estimate of drug-likeness (QED) is 0.855. The molecule has 0 unspecified atom stereocenters. The van der Waals surface area contributed by atoms with Crippen LogP contribution in [0.2, 0.25) is 0 Å². The van der Waals surface area contributed by atoms with Crippen molar-refractivity contribution in [3.63, 3.8) is 0 Å². The van der Waals surface area contributed by atoms with E-state index in [1.807, 2.05) is 12.1 Å². The predicted molar refractivity (Wildman–Crippen MR) is 83.2 cm³/mol. The third-order valence-electron chi connectivity index (χ3n) is 4.91. The van der Waals surface area contributed by atoms with Crippen LogP contribution in [0.4, 0.5) is 0 Å². The van der Waals surface area contributed by atoms with Gasteiger partial charge in [-0.25, -0.2) is 0 Å². The maximum atomic E-state index is 11.4. The van der Waals surface area contributed by atoms with Gasteiger partial charge in [-0.2, -0.15) is 0 Å². The summed E-state index contributed by atoms with van der Waals surface area (Å²) in [6.07, 6.45) is 3.15. The van der Waals surface area contributed by atoms with Gasteiger partial charge in [0.25, 0.3) is 0 Å². The summed E-state index contributed by atoms with van der Waals surface area (Å²) in [5.41, 5.74) is 1.09. The monoisotopic (exact) mass is 290 g/mol. The van der Waals surface area contributed by atoms with E-state index in [0.29, 0.717) is 11.8 Å². The number of benzene rings is 1. The Labute approximate surface area is 127 Å². The van der Waals surface area contributed by atoms with Crippen LogP contribution < -0.4 is 0 Å². The second-order valence-electron chi connectivity index (χ2n) is 6.94. The van der Waals surface area contributed by atoms with E-state index >= 15 is 0 Å². The highest BCUT2D eigenvalue weighted by molar-refractivity contribution is 5.66. The van der Waals surface area contributed by atoms with Crippen LogP contribution in [0.15, 0.2) is 24.3 Å². The molecule has 1 aliphatic carbocycles. The standard InChI is InChI=1S/C18H26O3/c1-12-5-10-16(17(11-12)21-13(2)19)18(3,4)14-6-8-15(20)9-7-14/h6-9,12,16-17,20H,5,10-11H2,1-4H3/t12-,16-,17-/m1/s1. The molecule has 1 saturated carbocycles. The van der Waals surface area contributed by atoms with Crippen LogP contribution in [0.3, 0.4) is 0 Å². The molecule has 0 heterocycles. The minimum Gasteiger partial charge on any atom is -0.508 e. The van der Waals surface area contributed by atoms with E-state index in [4.69, 9.17) is 4.74 Å². The minimum atomic E-state index is -0.194. The lowest BCUT2D eigenvalue weighted by Gasteiger charge is -2.43. The van der Waals surface area contributed by atoms with Crippen LogP contribution >= 0.6 is 0 Å². The summed E-state index contributed by atoms with van der Waals surface area (Å²) < 4.78 is 5.62. The topological polar surface area (TPSA) is 46.5 Å². The second kappa shape index (κ2) is 6.08. The van der Waals surface area contributed by atoms with Gasteiger partial charge in [0.05, 0.1) is 0 Å². The number of phenols is 1. The van der Waals surface area contributed by atoms with E-state index < -0.39 is 0 Å². The highest BCUT2D eigenvalue weighted by Gasteiger charge is 2.41. The fourth-order valence-corrected chi connectivity index (χ4v) is 3.60. The molecule has 2 rings (SSSR count). The van der Waals surface area contributed by atoms with Gasteiger partial charge in [-0.3, -0.25) is 4.79 Å². The summed E-state index contributed by atoms with van der Waals surface area (Å²) in [4.78, 5) is 11.4. The Morgan fingerprint density at radius 2 is 1.86 bits per heavy atom. The van der Waals surface area contributed by atoms with E-state index in [-0.39, 0.29) is 23.2 Å². The molecule has 0 amide bonds. The minimum absolute atomic E-state index is 0.0185. The van der Waals surface area contributed by atoms with Crippen LogP contribution in [0, 0.1) is 11.8 Å². The van der Waals surface area contributed by atoms with Gasteiger partial charge in [0.15, 0.2) is 0 Å². The Bertz CT molecular complexity index is 490. The van der Waals surface area contributed by atoms with Crippen molar-refractivity contribution >= 4 is 5.97 Å². The maximum absolute atomic E-state index is 11.4. The molecule has 0 spiro atoms. The van der Waals surface area contributed by atoms with Crippen molar-refractivity contribution < 1.29 is 14.6 Å². The van der Waals surface area contributed by atoms with Gasteiger partial charge in [-0.15, -0.1) is 0 Å². The zero-order chi connectivity index (χ0) is 15.6. The number of carbonyl (C=O) groups is 1. The molecule has 0 bridgehead atoms. The van der Waals surface area contributed by atoms with Gasteiger partial charge in [0.1, 0.15) is 11.9 Å². The zero-order valence-corrected chi connectivity index (χ0v) is 13.4. The maximum Gasteiger partial charge on any atom is 0.302 e. The summed E-state index contributed by atoms with van der Waals surface area (Å²) >= 11 is 0. The lowest BCUT2D eigenvalue weighted by Crippen LogP contribution is -2.43. The molecule has 21 heavy (non-hydrogen) atoms.